The van der Waals surface area contributed by atoms with E-state index >= 15 is 0 Å². The largest absolute Gasteiger partial charge is 0.340 e. The van der Waals surface area contributed by atoms with Gasteiger partial charge in [0.25, 0.3) is 10.0 Å². The first-order chi connectivity index (χ1) is 13.0. The monoisotopic (exact) mass is 385 g/mol. The predicted octanol–water partition coefficient (Wildman–Crippen LogP) is 3.72. The Morgan fingerprint density at radius 1 is 1.37 bits per heavy atom. The van der Waals surface area contributed by atoms with Crippen LogP contribution in [0.1, 0.15) is 25.1 Å². The van der Waals surface area contributed by atoms with Crippen LogP contribution in [0.3, 0.4) is 0 Å². The number of benzene rings is 1. The van der Waals surface area contributed by atoms with Gasteiger partial charge in [-0.25, -0.2) is 8.42 Å². The minimum absolute atomic E-state index is 0.292. The third-order valence-electron chi connectivity index (χ3n) is 5.06. The molecule has 1 aliphatic rings. The number of allylic oxidation sites excluding steroid dienone is 4. The normalized spacial score (nSPS) is 15.3. The Labute approximate surface area is 161 Å². The van der Waals surface area contributed by atoms with Crippen LogP contribution in [-0.2, 0) is 29.5 Å². The molecular formula is C21H27N3O2S. The molecule has 144 valence electrons. The van der Waals surface area contributed by atoms with E-state index in [1.807, 2.05) is 31.2 Å². The molecule has 1 aromatic carbocycles. The van der Waals surface area contributed by atoms with Crippen LogP contribution in [0.2, 0.25) is 0 Å². The Balaban J connectivity index is 2.13. The van der Waals surface area contributed by atoms with Gasteiger partial charge in [-0.1, -0.05) is 18.2 Å². The van der Waals surface area contributed by atoms with Crippen molar-refractivity contribution < 1.29 is 8.42 Å². The van der Waals surface area contributed by atoms with Crippen LogP contribution < -0.4 is 9.62 Å². The van der Waals surface area contributed by atoms with E-state index in [2.05, 4.69) is 16.5 Å². The summed E-state index contributed by atoms with van der Waals surface area (Å²) in [5.41, 5.74) is 4.35. The van der Waals surface area contributed by atoms with E-state index < -0.39 is 10.0 Å². The molecular weight excluding hydrogens is 358 g/mol. The zero-order chi connectivity index (χ0) is 19.6. The number of rotatable bonds is 6. The molecule has 2 aromatic rings. The second-order valence-corrected chi connectivity index (χ2v) is 8.59. The molecule has 0 fully saturated rings. The lowest BCUT2D eigenvalue weighted by Gasteiger charge is -2.20. The molecule has 5 nitrogen and oxygen atoms in total. The smallest absolute Gasteiger partial charge is 0.263 e. The highest BCUT2D eigenvalue weighted by Gasteiger charge is 2.24. The van der Waals surface area contributed by atoms with Gasteiger partial charge in [-0.05, 0) is 43.7 Å². The lowest BCUT2D eigenvalue weighted by Crippen LogP contribution is -2.27. The van der Waals surface area contributed by atoms with Gasteiger partial charge in [-0.15, -0.1) is 6.58 Å². The molecule has 1 aliphatic heterocycles. The highest BCUT2D eigenvalue weighted by molar-refractivity contribution is 7.96. The fraction of sp³-hybridized carbons (Fsp3) is 0.333. The van der Waals surface area contributed by atoms with Crippen molar-refractivity contribution in [3.05, 3.63) is 65.2 Å². The molecule has 2 heterocycles. The van der Waals surface area contributed by atoms with Crippen molar-refractivity contribution in [3.63, 3.8) is 0 Å². The summed E-state index contributed by atoms with van der Waals surface area (Å²) in [5, 5.41) is 4.53. The first-order valence-corrected chi connectivity index (χ1v) is 10.6. The van der Waals surface area contributed by atoms with Gasteiger partial charge in [-0.2, -0.15) is 0 Å². The molecule has 0 aliphatic carbocycles. The maximum atomic E-state index is 13.0. The van der Waals surface area contributed by atoms with Crippen LogP contribution in [0, 0.1) is 0 Å². The summed E-state index contributed by atoms with van der Waals surface area (Å²) >= 11 is 0. The van der Waals surface area contributed by atoms with Gasteiger partial charge < -0.3 is 9.88 Å². The van der Waals surface area contributed by atoms with E-state index in [1.165, 1.54) is 15.6 Å². The van der Waals surface area contributed by atoms with Crippen LogP contribution in [0.4, 0.5) is 5.69 Å². The standard InChI is InChI=1S/C21H27N3O2S/c1-5-8-17(7-3)27(25,26)23(4)16-9-10-20-18(14-16)19-15-22-12-11-21(19)24(20)13-6-2/h5-10,14,22H,2,11-13,15H2,1,3-4H3/b8-5-,17-7+. The molecule has 0 atom stereocenters. The van der Waals surface area contributed by atoms with E-state index in [0.717, 1.165) is 37.0 Å². The van der Waals surface area contributed by atoms with Crippen molar-refractivity contribution in [2.75, 3.05) is 17.9 Å². The summed E-state index contributed by atoms with van der Waals surface area (Å²) < 4.78 is 29.6. The number of anilines is 1. The number of sulfonamides is 1. The highest BCUT2D eigenvalue weighted by atomic mass is 32.2. The number of fused-ring (bicyclic) bond motifs is 3. The molecule has 0 amide bonds. The van der Waals surface area contributed by atoms with E-state index in [4.69, 9.17) is 0 Å². The van der Waals surface area contributed by atoms with Crippen molar-refractivity contribution in [3.8, 4) is 0 Å². The first kappa shape index (κ1) is 19.5. The maximum Gasteiger partial charge on any atom is 0.263 e. The summed E-state index contributed by atoms with van der Waals surface area (Å²) in [5.74, 6) is 0. The lowest BCUT2D eigenvalue weighted by molar-refractivity contribution is 0.601. The van der Waals surface area contributed by atoms with E-state index in [-0.39, 0.29) is 0 Å². The maximum absolute atomic E-state index is 13.0. The van der Waals surface area contributed by atoms with Crippen molar-refractivity contribution in [1.82, 2.24) is 9.88 Å². The molecule has 27 heavy (non-hydrogen) atoms. The van der Waals surface area contributed by atoms with Gasteiger partial charge in [0.15, 0.2) is 0 Å². The molecule has 0 saturated carbocycles. The zero-order valence-electron chi connectivity index (χ0n) is 16.2. The molecule has 3 rings (SSSR count). The molecule has 1 N–H and O–H groups in total. The molecule has 1 aromatic heterocycles. The first-order valence-electron chi connectivity index (χ1n) is 9.19. The van der Waals surface area contributed by atoms with Gasteiger partial charge in [-0.3, -0.25) is 4.31 Å². The van der Waals surface area contributed by atoms with Gasteiger partial charge in [0.2, 0.25) is 0 Å². The summed E-state index contributed by atoms with van der Waals surface area (Å²) in [6.07, 6.45) is 7.85. The minimum Gasteiger partial charge on any atom is -0.340 e. The number of hydrogen-bond acceptors (Lipinski definition) is 3. The Hall–Kier alpha value is -2.31. The number of nitrogens with one attached hydrogen (secondary N) is 1. The summed E-state index contributed by atoms with van der Waals surface area (Å²) in [6, 6.07) is 5.88. The van der Waals surface area contributed by atoms with Gasteiger partial charge in [0, 0.05) is 49.7 Å². The van der Waals surface area contributed by atoms with Crippen LogP contribution in [0.15, 0.2) is 54.0 Å². The van der Waals surface area contributed by atoms with Crippen molar-refractivity contribution in [2.45, 2.75) is 33.4 Å². The van der Waals surface area contributed by atoms with Crippen LogP contribution in [0.5, 0.6) is 0 Å². The zero-order valence-corrected chi connectivity index (χ0v) is 17.0. The van der Waals surface area contributed by atoms with Crippen molar-refractivity contribution in [1.29, 1.82) is 0 Å². The van der Waals surface area contributed by atoms with Gasteiger partial charge >= 0.3 is 0 Å². The van der Waals surface area contributed by atoms with Gasteiger partial charge in [0.1, 0.15) is 0 Å². The third kappa shape index (κ3) is 3.35. The van der Waals surface area contributed by atoms with Crippen molar-refractivity contribution >= 4 is 26.6 Å². The topological polar surface area (TPSA) is 54.3 Å². The third-order valence-corrected chi connectivity index (χ3v) is 6.96. The second kappa shape index (κ2) is 7.74. The summed E-state index contributed by atoms with van der Waals surface area (Å²) in [7, 11) is -1.98. The van der Waals surface area contributed by atoms with Crippen LogP contribution in [-0.4, -0.2) is 26.6 Å². The Bertz CT molecular complexity index is 1030. The Kier molecular flexibility index (Phi) is 5.58. The van der Waals surface area contributed by atoms with E-state index in [1.54, 1.807) is 32.2 Å². The van der Waals surface area contributed by atoms with Crippen LogP contribution in [0.25, 0.3) is 10.9 Å². The van der Waals surface area contributed by atoms with E-state index in [0.29, 0.717) is 10.6 Å². The quantitative estimate of drug-likeness (QED) is 0.609. The Morgan fingerprint density at radius 3 is 2.81 bits per heavy atom. The highest BCUT2D eigenvalue weighted by Crippen LogP contribution is 2.33. The molecule has 0 bridgehead atoms. The van der Waals surface area contributed by atoms with Gasteiger partial charge in [0.05, 0.1) is 10.6 Å². The second-order valence-electron chi connectivity index (χ2n) is 6.62. The lowest BCUT2D eigenvalue weighted by atomic mass is 10.1. The van der Waals surface area contributed by atoms with Crippen molar-refractivity contribution in [2.24, 2.45) is 0 Å². The van der Waals surface area contributed by atoms with E-state index in [9.17, 15) is 8.42 Å². The SMILES string of the molecule is C=CCn1c2c(c3cc(N(C)S(=O)(=O)C(/C=C\C)=C/C)ccc31)CNCC2. The molecule has 0 spiro atoms. The number of aromatic nitrogens is 1. The molecule has 0 radical (unpaired) electrons. The average molecular weight is 386 g/mol. The predicted molar refractivity (Wildman–Crippen MR) is 113 cm³/mol. The average Bonchev–Trinajstić information content (AvgIpc) is 2.99. The minimum atomic E-state index is -3.59. The molecule has 0 saturated heterocycles. The fourth-order valence-electron chi connectivity index (χ4n) is 3.69. The molecule has 6 heteroatoms. The molecule has 0 unspecified atom stereocenters. The fourth-order valence-corrected chi connectivity index (χ4v) is 5.01. The number of hydrogen-bond donors (Lipinski definition) is 1. The number of nitrogens with zero attached hydrogens (tertiary/aromatic N) is 2. The summed E-state index contributed by atoms with van der Waals surface area (Å²) in [4.78, 5) is 0.292. The summed E-state index contributed by atoms with van der Waals surface area (Å²) in [6.45, 7) is 9.94. The Morgan fingerprint density at radius 2 is 2.15 bits per heavy atom. The van der Waals surface area contributed by atoms with Crippen LogP contribution >= 0.6 is 0 Å².